The standard InChI is InChI=1S/C17H27N3O4S/c1-11(2)24-14(21)10-13-16(23)18-8-9-20(13)17(25)19-15(22)12-6-4-3-5-7-12/h11-13H,3-10H2,1-2H3,(H,18,23)(H,19,22,25)/t13-/m1/s1. The SMILES string of the molecule is CC(C)OC(=O)C[C@@H]1C(=O)NCCN1C(=S)NC(=O)C1CCCCC1. The average molecular weight is 369 g/mol. The Balaban J connectivity index is 1.97. The zero-order valence-electron chi connectivity index (χ0n) is 14.9. The summed E-state index contributed by atoms with van der Waals surface area (Å²) in [5.41, 5.74) is 0. The quantitative estimate of drug-likeness (QED) is 0.570. The maximum Gasteiger partial charge on any atom is 0.308 e. The van der Waals surface area contributed by atoms with Crippen LogP contribution in [0.5, 0.6) is 0 Å². The van der Waals surface area contributed by atoms with Gasteiger partial charge in [-0.05, 0) is 38.9 Å². The van der Waals surface area contributed by atoms with E-state index in [-0.39, 0.29) is 35.4 Å². The molecule has 2 aliphatic rings. The lowest BCUT2D eigenvalue weighted by Gasteiger charge is -2.36. The number of hydrogen-bond donors (Lipinski definition) is 2. The van der Waals surface area contributed by atoms with Crippen molar-refractivity contribution in [1.82, 2.24) is 15.5 Å². The number of carbonyl (C=O) groups excluding carboxylic acids is 3. The largest absolute Gasteiger partial charge is 0.463 e. The van der Waals surface area contributed by atoms with E-state index >= 15 is 0 Å². The number of esters is 1. The predicted molar refractivity (Wildman–Crippen MR) is 96.7 cm³/mol. The van der Waals surface area contributed by atoms with E-state index in [9.17, 15) is 14.4 Å². The van der Waals surface area contributed by atoms with Crippen LogP contribution in [-0.4, -0.2) is 53.0 Å². The van der Waals surface area contributed by atoms with E-state index in [0.717, 1.165) is 25.7 Å². The number of carbonyl (C=O) groups is 3. The summed E-state index contributed by atoms with van der Waals surface area (Å²) >= 11 is 5.35. The summed E-state index contributed by atoms with van der Waals surface area (Å²) in [6, 6.07) is -0.751. The Labute approximate surface area is 153 Å². The molecular formula is C17H27N3O4S. The minimum absolute atomic E-state index is 0.0188. The second kappa shape index (κ2) is 9.12. The van der Waals surface area contributed by atoms with Crippen molar-refractivity contribution in [3.05, 3.63) is 0 Å². The highest BCUT2D eigenvalue weighted by Crippen LogP contribution is 2.23. The van der Waals surface area contributed by atoms with Gasteiger partial charge in [0.25, 0.3) is 0 Å². The lowest BCUT2D eigenvalue weighted by atomic mass is 9.89. The highest BCUT2D eigenvalue weighted by molar-refractivity contribution is 7.80. The van der Waals surface area contributed by atoms with Crippen LogP contribution in [0.3, 0.4) is 0 Å². The van der Waals surface area contributed by atoms with Gasteiger partial charge < -0.3 is 20.3 Å². The first kappa shape index (κ1) is 19.6. The van der Waals surface area contributed by atoms with Crippen molar-refractivity contribution in [3.63, 3.8) is 0 Å². The van der Waals surface area contributed by atoms with E-state index in [4.69, 9.17) is 17.0 Å². The molecule has 1 aliphatic heterocycles. The lowest BCUT2D eigenvalue weighted by molar-refractivity contribution is -0.150. The first-order chi connectivity index (χ1) is 11.9. The Morgan fingerprint density at radius 2 is 2.00 bits per heavy atom. The molecule has 7 nitrogen and oxygen atoms in total. The molecule has 2 N–H and O–H groups in total. The normalized spacial score (nSPS) is 21.6. The summed E-state index contributed by atoms with van der Waals surface area (Å²) in [6.45, 7) is 4.39. The van der Waals surface area contributed by atoms with Gasteiger partial charge in [0.2, 0.25) is 11.8 Å². The minimum Gasteiger partial charge on any atom is -0.463 e. The number of nitrogens with zero attached hydrogens (tertiary/aromatic N) is 1. The topological polar surface area (TPSA) is 87.7 Å². The Hall–Kier alpha value is -1.70. The first-order valence-corrected chi connectivity index (χ1v) is 9.38. The van der Waals surface area contributed by atoms with E-state index in [1.165, 1.54) is 6.42 Å². The zero-order valence-corrected chi connectivity index (χ0v) is 15.7. The van der Waals surface area contributed by atoms with Crippen molar-refractivity contribution in [2.24, 2.45) is 5.92 Å². The van der Waals surface area contributed by atoms with Gasteiger partial charge in [-0.15, -0.1) is 0 Å². The van der Waals surface area contributed by atoms with Gasteiger partial charge in [-0.1, -0.05) is 19.3 Å². The number of piperazine rings is 1. The van der Waals surface area contributed by atoms with Gasteiger partial charge >= 0.3 is 5.97 Å². The average Bonchev–Trinajstić information content (AvgIpc) is 2.56. The Bertz CT molecular complexity index is 532. The third kappa shape index (κ3) is 5.66. The molecule has 1 heterocycles. The Morgan fingerprint density at radius 1 is 1.32 bits per heavy atom. The molecule has 25 heavy (non-hydrogen) atoms. The van der Waals surface area contributed by atoms with Gasteiger partial charge in [-0.3, -0.25) is 14.4 Å². The number of rotatable bonds is 4. The number of hydrogen-bond acceptors (Lipinski definition) is 5. The van der Waals surface area contributed by atoms with Crippen molar-refractivity contribution in [3.8, 4) is 0 Å². The van der Waals surface area contributed by atoms with Crippen LogP contribution in [0.4, 0.5) is 0 Å². The smallest absolute Gasteiger partial charge is 0.308 e. The fourth-order valence-electron chi connectivity index (χ4n) is 3.27. The summed E-state index contributed by atoms with van der Waals surface area (Å²) in [5.74, 6) is -0.835. The van der Waals surface area contributed by atoms with Crippen LogP contribution >= 0.6 is 12.2 Å². The van der Waals surface area contributed by atoms with E-state index < -0.39 is 12.0 Å². The van der Waals surface area contributed by atoms with Crippen LogP contribution in [0.25, 0.3) is 0 Å². The van der Waals surface area contributed by atoms with Gasteiger partial charge in [0.15, 0.2) is 5.11 Å². The van der Waals surface area contributed by atoms with Crippen molar-refractivity contribution >= 4 is 35.1 Å². The number of ether oxygens (including phenoxy) is 1. The van der Waals surface area contributed by atoms with Crippen molar-refractivity contribution in [2.45, 2.75) is 64.5 Å². The van der Waals surface area contributed by atoms with Crippen LogP contribution in [-0.2, 0) is 19.1 Å². The summed E-state index contributed by atoms with van der Waals surface area (Å²) in [4.78, 5) is 38.1. The van der Waals surface area contributed by atoms with Crippen LogP contribution in [0.15, 0.2) is 0 Å². The highest BCUT2D eigenvalue weighted by Gasteiger charge is 2.35. The van der Waals surface area contributed by atoms with Gasteiger partial charge in [-0.2, -0.15) is 0 Å². The van der Waals surface area contributed by atoms with Crippen molar-refractivity contribution in [2.75, 3.05) is 13.1 Å². The van der Waals surface area contributed by atoms with E-state index in [1.807, 2.05) is 0 Å². The molecule has 1 saturated heterocycles. The fourth-order valence-corrected chi connectivity index (χ4v) is 3.59. The molecule has 0 unspecified atom stereocenters. The summed E-state index contributed by atoms with van der Waals surface area (Å²) < 4.78 is 5.13. The molecule has 2 fully saturated rings. The molecule has 0 bridgehead atoms. The number of thiocarbonyl (C=S) groups is 1. The third-order valence-corrected chi connectivity index (χ3v) is 4.86. The van der Waals surface area contributed by atoms with Gasteiger partial charge in [0, 0.05) is 19.0 Å². The molecule has 2 rings (SSSR count). The summed E-state index contributed by atoms with van der Waals surface area (Å²) in [6.07, 6.45) is 4.69. The second-order valence-corrected chi connectivity index (χ2v) is 7.26. The molecule has 1 aliphatic carbocycles. The number of nitrogens with one attached hydrogen (secondary N) is 2. The van der Waals surface area contributed by atoms with E-state index in [0.29, 0.717) is 13.1 Å². The molecule has 2 amide bonds. The molecular weight excluding hydrogens is 342 g/mol. The molecule has 0 aromatic rings. The van der Waals surface area contributed by atoms with E-state index in [2.05, 4.69) is 10.6 Å². The Kier molecular flexibility index (Phi) is 7.16. The molecule has 0 radical (unpaired) electrons. The van der Waals surface area contributed by atoms with Crippen LogP contribution in [0, 0.1) is 5.92 Å². The second-order valence-electron chi connectivity index (χ2n) is 6.87. The fraction of sp³-hybridized carbons (Fsp3) is 0.765. The van der Waals surface area contributed by atoms with Crippen LogP contribution in [0.1, 0.15) is 52.4 Å². The van der Waals surface area contributed by atoms with Crippen molar-refractivity contribution in [1.29, 1.82) is 0 Å². The molecule has 8 heteroatoms. The molecule has 0 aromatic heterocycles. The highest BCUT2D eigenvalue weighted by atomic mass is 32.1. The van der Waals surface area contributed by atoms with Gasteiger partial charge in [-0.25, -0.2) is 0 Å². The summed E-state index contributed by atoms with van der Waals surface area (Å²) in [7, 11) is 0. The van der Waals surface area contributed by atoms with Gasteiger partial charge in [0.05, 0.1) is 12.5 Å². The third-order valence-electron chi connectivity index (χ3n) is 4.52. The monoisotopic (exact) mass is 369 g/mol. The molecule has 0 aromatic carbocycles. The van der Waals surface area contributed by atoms with Crippen LogP contribution < -0.4 is 10.6 Å². The lowest BCUT2D eigenvalue weighted by Crippen LogP contribution is -2.60. The maximum absolute atomic E-state index is 12.4. The Morgan fingerprint density at radius 3 is 2.64 bits per heavy atom. The zero-order chi connectivity index (χ0) is 18.4. The predicted octanol–water partition coefficient (Wildman–Crippen LogP) is 1.11. The molecule has 140 valence electrons. The molecule has 1 atom stereocenters. The van der Waals surface area contributed by atoms with E-state index in [1.54, 1.807) is 18.7 Å². The first-order valence-electron chi connectivity index (χ1n) is 8.97. The maximum atomic E-state index is 12.4. The summed E-state index contributed by atoms with van der Waals surface area (Å²) in [5, 5.41) is 5.72. The van der Waals surface area contributed by atoms with Crippen molar-refractivity contribution < 1.29 is 19.1 Å². The molecule has 0 spiro atoms. The number of amides is 2. The minimum atomic E-state index is -0.751. The van der Waals surface area contributed by atoms with Gasteiger partial charge in [0.1, 0.15) is 6.04 Å². The molecule has 1 saturated carbocycles. The van der Waals surface area contributed by atoms with Crippen LogP contribution in [0.2, 0.25) is 0 Å².